The topological polar surface area (TPSA) is 61.8 Å². The summed E-state index contributed by atoms with van der Waals surface area (Å²) >= 11 is 0. The Bertz CT molecular complexity index is 806. The van der Waals surface area contributed by atoms with Crippen LogP contribution in [-0.4, -0.2) is 35.8 Å². The average molecular weight is 368 g/mol. The van der Waals surface area contributed by atoms with Crippen molar-refractivity contribution in [1.29, 1.82) is 0 Å². The number of amides is 1. The van der Waals surface area contributed by atoms with E-state index in [9.17, 15) is 9.90 Å². The van der Waals surface area contributed by atoms with Crippen LogP contribution in [0.4, 0.5) is 5.69 Å². The molecule has 0 spiro atoms. The minimum Gasteiger partial charge on any atom is -0.491 e. The Balaban J connectivity index is 1.67. The number of carbonyl (C=O) groups excluding carboxylic acids is 1. The molecule has 3 aliphatic rings. The van der Waals surface area contributed by atoms with E-state index in [1.807, 2.05) is 37.2 Å². The molecule has 2 heterocycles. The van der Waals surface area contributed by atoms with Crippen LogP contribution in [0.25, 0.3) is 5.57 Å². The van der Waals surface area contributed by atoms with Crippen molar-refractivity contribution in [3.8, 4) is 5.75 Å². The molecule has 4 rings (SSSR count). The molecule has 2 N–H and O–H groups in total. The van der Waals surface area contributed by atoms with E-state index in [1.165, 1.54) is 25.7 Å². The van der Waals surface area contributed by atoms with E-state index in [0.717, 1.165) is 40.1 Å². The number of carbonyl (C=O) groups is 1. The van der Waals surface area contributed by atoms with Crippen LogP contribution in [-0.2, 0) is 11.2 Å². The van der Waals surface area contributed by atoms with Gasteiger partial charge in [0.2, 0.25) is 5.91 Å². The van der Waals surface area contributed by atoms with Gasteiger partial charge >= 0.3 is 0 Å². The molecule has 1 aromatic rings. The average Bonchev–Trinajstić information content (AvgIpc) is 3.17. The zero-order valence-corrected chi connectivity index (χ0v) is 16.1. The lowest BCUT2D eigenvalue weighted by Crippen LogP contribution is -2.30. The normalized spacial score (nSPS) is 22.9. The third-order valence-electron chi connectivity index (χ3n) is 5.87. The highest BCUT2D eigenvalue weighted by molar-refractivity contribution is 5.96. The highest BCUT2D eigenvalue weighted by Gasteiger charge is 2.24. The summed E-state index contributed by atoms with van der Waals surface area (Å²) in [5, 5.41) is 13.1. The second kappa shape index (κ2) is 7.39. The van der Waals surface area contributed by atoms with Gasteiger partial charge in [0.1, 0.15) is 12.0 Å². The van der Waals surface area contributed by atoms with Gasteiger partial charge in [-0.3, -0.25) is 4.79 Å². The molecule has 1 saturated carbocycles. The van der Waals surface area contributed by atoms with E-state index in [1.54, 1.807) is 0 Å². The van der Waals surface area contributed by atoms with Gasteiger partial charge in [-0.25, -0.2) is 0 Å². The molecule has 1 aromatic carbocycles. The van der Waals surface area contributed by atoms with Gasteiger partial charge in [0.15, 0.2) is 0 Å². The maximum atomic E-state index is 11.9. The van der Waals surface area contributed by atoms with Crippen molar-refractivity contribution in [1.82, 2.24) is 4.90 Å². The molecule has 144 valence electrons. The first-order chi connectivity index (χ1) is 13.0. The first-order valence-electron chi connectivity index (χ1n) is 9.91. The van der Waals surface area contributed by atoms with Gasteiger partial charge in [-0.1, -0.05) is 12.8 Å². The number of rotatable bonds is 4. The number of hydrogen-bond acceptors (Lipinski definition) is 4. The number of likely N-dealkylation sites (N-methyl/N-ethyl adjacent to an activating group) is 1. The molecule has 5 heteroatoms. The molecule has 1 unspecified atom stereocenters. The zero-order valence-electron chi connectivity index (χ0n) is 16.1. The Morgan fingerprint density at radius 3 is 2.78 bits per heavy atom. The van der Waals surface area contributed by atoms with E-state index in [-0.39, 0.29) is 5.91 Å². The molecule has 1 atom stereocenters. The van der Waals surface area contributed by atoms with Gasteiger partial charge in [-0.15, -0.1) is 0 Å². The number of benzene rings is 1. The van der Waals surface area contributed by atoms with E-state index < -0.39 is 6.23 Å². The van der Waals surface area contributed by atoms with Gasteiger partial charge in [0.25, 0.3) is 0 Å². The lowest BCUT2D eigenvalue weighted by atomic mass is 9.94. The number of hydrogen-bond donors (Lipinski definition) is 2. The highest BCUT2D eigenvalue weighted by atomic mass is 16.5. The van der Waals surface area contributed by atoms with E-state index in [4.69, 9.17) is 4.74 Å². The first kappa shape index (κ1) is 18.1. The van der Waals surface area contributed by atoms with E-state index in [0.29, 0.717) is 18.9 Å². The third kappa shape index (κ3) is 3.74. The largest absolute Gasteiger partial charge is 0.491 e. The number of aryl methyl sites for hydroxylation is 1. The van der Waals surface area contributed by atoms with E-state index in [2.05, 4.69) is 11.4 Å². The molecule has 1 aliphatic carbocycles. The molecule has 0 radical (unpaired) electrons. The SMILES string of the molecule is CC1=CC(c2cc3c(c(OCC4CCCC4)c2)NC(=O)CC3)=CN(C)C1O. The number of allylic oxidation sites excluding steroid dienone is 2. The maximum Gasteiger partial charge on any atom is 0.224 e. The van der Waals surface area contributed by atoms with Crippen molar-refractivity contribution < 1.29 is 14.6 Å². The summed E-state index contributed by atoms with van der Waals surface area (Å²) in [7, 11) is 1.87. The van der Waals surface area contributed by atoms with Crippen LogP contribution in [0.2, 0.25) is 0 Å². The third-order valence-corrected chi connectivity index (χ3v) is 5.87. The van der Waals surface area contributed by atoms with Crippen molar-refractivity contribution in [2.24, 2.45) is 5.92 Å². The summed E-state index contributed by atoms with van der Waals surface area (Å²) < 4.78 is 6.22. The maximum absolute atomic E-state index is 11.9. The molecule has 2 aliphatic heterocycles. The fourth-order valence-electron chi connectivity index (χ4n) is 4.25. The van der Waals surface area contributed by atoms with Crippen molar-refractivity contribution in [2.45, 2.75) is 51.7 Å². The molecule has 0 aromatic heterocycles. The number of ether oxygens (including phenoxy) is 1. The van der Waals surface area contributed by atoms with E-state index >= 15 is 0 Å². The highest BCUT2D eigenvalue weighted by Crippen LogP contribution is 2.38. The summed E-state index contributed by atoms with van der Waals surface area (Å²) in [4.78, 5) is 13.7. The van der Waals surface area contributed by atoms with Gasteiger partial charge < -0.3 is 20.1 Å². The van der Waals surface area contributed by atoms with Gasteiger partial charge in [0.05, 0.1) is 12.3 Å². The number of anilines is 1. The molecule has 27 heavy (non-hydrogen) atoms. The van der Waals surface area contributed by atoms with Crippen LogP contribution < -0.4 is 10.1 Å². The van der Waals surface area contributed by atoms with Crippen molar-refractivity contribution in [3.63, 3.8) is 0 Å². The Hall–Kier alpha value is -2.27. The zero-order chi connectivity index (χ0) is 19.0. The Morgan fingerprint density at radius 2 is 2.04 bits per heavy atom. The standard InChI is InChI=1S/C22H28N2O3/c1-14-9-18(12-24(2)22(14)26)17-10-16-7-8-20(25)23-21(16)19(11-17)27-13-15-5-3-4-6-15/h9-12,15,22,26H,3-8,13H2,1-2H3,(H,23,25). The summed E-state index contributed by atoms with van der Waals surface area (Å²) in [6, 6.07) is 4.17. The predicted octanol–water partition coefficient (Wildman–Crippen LogP) is 3.69. The number of fused-ring (bicyclic) bond motifs is 1. The van der Waals surface area contributed by atoms with Crippen LogP contribution in [0.15, 0.2) is 30.0 Å². The van der Waals surface area contributed by atoms with Crippen LogP contribution in [0.1, 0.15) is 50.2 Å². The van der Waals surface area contributed by atoms with Crippen LogP contribution in [0, 0.1) is 5.92 Å². The van der Waals surface area contributed by atoms with Gasteiger partial charge in [-0.05, 0) is 72.6 Å². The van der Waals surface area contributed by atoms with Crippen molar-refractivity contribution >= 4 is 17.2 Å². The number of nitrogens with one attached hydrogen (secondary N) is 1. The minimum atomic E-state index is -0.580. The van der Waals surface area contributed by atoms with Crippen LogP contribution >= 0.6 is 0 Å². The number of nitrogens with zero attached hydrogens (tertiary/aromatic N) is 1. The van der Waals surface area contributed by atoms with Crippen molar-refractivity contribution in [3.05, 3.63) is 41.1 Å². The summed E-state index contributed by atoms with van der Waals surface area (Å²) in [6.45, 7) is 2.64. The number of aliphatic hydroxyl groups is 1. The van der Waals surface area contributed by atoms with Crippen LogP contribution in [0.3, 0.4) is 0 Å². The van der Waals surface area contributed by atoms with Gasteiger partial charge in [-0.2, -0.15) is 0 Å². The fraction of sp³-hybridized carbons (Fsp3) is 0.500. The Labute approximate surface area is 160 Å². The molecule has 5 nitrogen and oxygen atoms in total. The molecule has 0 saturated heterocycles. The lowest BCUT2D eigenvalue weighted by molar-refractivity contribution is -0.116. The smallest absolute Gasteiger partial charge is 0.224 e. The van der Waals surface area contributed by atoms with Crippen molar-refractivity contribution in [2.75, 3.05) is 19.0 Å². The molecule has 1 amide bonds. The number of aliphatic hydroxyl groups excluding tert-OH is 1. The molecule has 1 fully saturated rings. The second-order valence-electron chi connectivity index (χ2n) is 8.03. The van der Waals surface area contributed by atoms with Gasteiger partial charge in [0, 0.05) is 19.7 Å². The quantitative estimate of drug-likeness (QED) is 0.851. The monoisotopic (exact) mass is 368 g/mol. The Kier molecular flexibility index (Phi) is 4.96. The fourth-order valence-corrected chi connectivity index (χ4v) is 4.25. The Morgan fingerprint density at radius 1 is 1.26 bits per heavy atom. The molecule has 0 bridgehead atoms. The molecular weight excluding hydrogens is 340 g/mol. The minimum absolute atomic E-state index is 0.0523. The lowest BCUT2D eigenvalue weighted by Gasteiger charge is -2.29. The molecular formula is C22H28N2O3. The first-order valence-corrected chi connectivity index (χ1v) is 9.91. The van der Waals surface area contributed by atoms with Crippen LogP contribution in [0.5, 0.6) is 5.75 Å². The second-order valence-corrected chi connectivity index (χ2v) is 8.03. The summed E-state index contributed by atoms with van der Waals surface area (Å²) in [6.07, 6.45) is 9.66. The predicted molar refractivity (Wildman–Crippen MR) is 106 cm³/mol. The summed E-state index contributed by atoms with van der Waals surface area (Å²) in [5.74, 6) is 1.43. The summed E-state index contributed by atoms with van der Waals surface area (Å²) in [5.41, 5.74) is 4.97.